The van der Waals surface area contributed by atoms with E-state index in [4.69, 9.17) is 0 Å². The highest BCUT2D eigenvalue weighted by molar-refractivity contribution is 7.89. The van der Waals surface area contributed by atoms with Crippen molar-refractivity contribution in [1.82, 2.24) is 9.62 Å². The van der Waals surface area contributed by atoms with Crippen molar-refractivity contribution in [3.8, 4) is 0 Å². The Bertz CT molecular complexity index is 617. The highest BCUT2D eigenvalue weighted by Crippen LogP contribution is 2.23. The molecule has 0 aliphatic carbocycles. The summed E-state index contributed by atoms with van der Waals surface area (Å²) in [5, 5.41) is 8.63. The number of rotatable bonds is 6. The molecule has 19 heavy (non-hydrogen) atoms. The van der Waals surface area contributed by atoms with E-state index >= 15 is 0 Å². The number of nitrogens with one attached hydrogen (secondary N) is 1. The third-order valence-corrected chi connectivity index (χ3v) is 6.27. The molecule has 0 amide bonds. The summed E-state index contributed by atoms with van der Waals surface area (Å²) in [6, 6.07) is 3.68. The largest absolute Gasteiger partial charge is 0.315 e. The Balaban J connectivity index is 2.16. The zero-order valence-corrected chi connectivity index (χ0v) is 13.2. The molecule has 0 unspecified atom stereocenters. The molecule has 0 saturated heterocycles. The zero-order valence-electron chi connectivity index (χ0n) is 10.8. The molecule has 4 nitrogen and oxygen atoms in total. The van der Waals surface area contributed by atoms with Crippen molar-refractivity contribution in [2.45, 2.75) is 18.0 Å². The molecule has 0 aromatic carbocycles. The van der Waals surface area contributed by atoms with Crippen molar-refractivity contribution in [2.75, 3.05) is 14.1 Å². The molecule has 104 valence electrons. The minimum absolute atomic E-state index is 0.375. The average Bonchev–Trinajstić information content (AvgIpc) is 3.00. The Labute approximate surface area is 121 Å². The Morgan fingerprint density at radius 1 is 1.37 bits per heavy atom. The van der Waals surface area contributed by atoms with Crippen LogP contribution in [0.15, 0.2) is 33.2 Å². The van der Waals surface area contributed by atoms with Gasteiger partial charge in [-0.05, 0) is 35.5 Å². The standard InChI is InChI=1S/C12H16N2O2S3/c1-13-6-11-5-12(9-18-11)19(15,16)14(2)7-10-3-4-17-8-10/h3-5,8-9,13H,6-7H2,1-2H3. The zero-order chi connectivity index (χ0) is 13.9. The lowest BCUT2D eigenvalue weighted by molar-refractivity contribution is 0.467. The number of sulfonamides is 1. The third-order valence-electron chi connectivity index (χ3n) is 2.67. The van der Waals surface area contributed by atoms with E-state index in [9.17, 15) is 8.42 Å². The molecule has 0 radical (unpaired) electrons. The molecule has 0 saturated carbocycles. The summed E-state index contributed by atoms with van der Waals surface area (Å²) in [6.45, 7) is 1.09. The number of hydrogen-bond acceptors (Lipinski definition) is 5. The maximum Gasteiger partial charge on any atom is 0.243 e. The first kappa shape index (κ1) is 14.7. The lowest BCUT2D eigenvalue weighted by Crippen LogP contribution is -2.25. The van der Waals surface area contributed by atoms with E-state index in [2.05, 4.69) is 5.32 Å². The van der Waals surface area contributed by atoms with Gasteiger partial charge >= 0.3 is 0 Å². The van der Waals surface area contributed by atoms with Crippen molar-refractivity contribution in [3.05, 3.63) is 38.7 Å². The van der Waals surface area contributed by atoms with Crippen LogP contribution in [0.1, 0.15) is 10.4 Å². The van der Waals surface area contributed by atoms with E-state index in [-0.39, 0.29) is 0 Å². The molecular weight excluding hydrogens is 300 g/mol. The van der Waals surface area contributed by atoms with Crippen LogP contribution in [0.2, 0.25) is 0 Å². The van der Waals surface area contributed by atoms with Crippen molar-refractivity contribution in [1.29, 1.82) is 0 Å². The predicted octanol–water partition coefficient (Wildman–Crippen LogP) is 2.35. The molecule has 2 aromatic rings. The van der Waals surface area contributed by atoms with Crippen LogP contribution in [0.5, 0.6) is 0 Å². The fourth-order valence-electron chi connectivity index (χ4n) is 1.67. The second-order valence-corrected chi connectivity index (χ2v) is 7.99. The van der Waals surface area contributed by atoms with Gasteiger partial charge in [-0.2, -0.15) is 15.6 Å². The van der Waals surface area contributed by atoms with Gasteiger partial charge in [0.25, 0.3) is 0 Å². The van der Waals surface area contributed by atoms with Crippen LogP contribution in [0.25, 0.3) is 0 Å². The second kappa shape index (κ2) is 6.15. The quantitative estimate of drug-likeness (QED) is 0.890. The third kappa shape index (κ3) is 3.43. The molecule has 0 spiro atoms. The van der Waals surface area contributed by atoms with E-state index in [0.717, 1.165) is 10.4 Å². The van der Waals surface area contributed by atoms with E-state index in [0.29, 0.717) is 18.0 Å². The maximum atomic E-state index is 12.4. The van der Waals surface area contributed by atoms with Crippen LogP contribution < -0.4 is 5.32 Å². The molecule has 1 N–H and O–H groups in total. The normalized spacial score (nSPS) is 12.2. The van der Waals surface area contributed by atoms with E-state index in [1.54, 1.807) is 29.8 Å². The predicted molar refractivity (Wildman–Crippen MR) is 80.1 cm³/mol. The molecule has 7 heteroatoms. The van der Waals surface area contributed by atoms with Gasteiger partial charge in [-0.3, -0.25) is 0 Å². The Kier molecular flexibility index (Phi) is 4.75. The molecule has 2 rings (SSSR count). The lowest BCUT2D eigenvalue weighted by Gasteiger charge is -2.15. The minimum Gasteiger partial charge on any atom is -0.315 e. The van der Waals surface area contributed by atoms with Gasteiger partial charge in [0.05, 0.1) is 4.90 Å². The molecular formula is C12H16N2O2S3. The van der Waals surface area contributed by atoms with Crippen LogP contribution in [-0.4, -0.2) is 26.8 Å². The van der Waals surface area contributed by atoms with Crippen LogP contribution in [-0.2, 0) is 23.1 Å². The molecule has 0 fully saturated rings. The van der Waals surface area contributed by atoms with Gasteiger partial charge in [0.2, 0.25) is 10.0 Å². The van der Waals surface area contributed by atoms with Crippen LogP contribution in [0, 0.1) is 0 Å². The average molecular weight is 316 g/mol. The van der Waals surface area contributed by atoms with Gasteiger partial charge in [-0.15, -0.1) is 11.3 Å². The topological polar surface area (TPSA) is 49.4 Å². The maximum absolute atomic E-state index is 12.4. The van der Waals surface area contributed by atoms with Gasteiger partial charge in [0, 0.05) is 30.4 Å². The van der Waals surface area contributed by atoms with Gasteiger partial charge < -0.3 is 5.32 Å². The molecule has 2 aromatic heterocycles. The molecule has 0 aliphatic rings. The highest BCUT2D eigenvalue weighted by Gasteiger charge is 2.22. The first-order chi connectivity index (χ1) is 9.04. The Morgan fingerprint density at radius 3 is 2.79 bits per heavy atom. The second-order valence-electron chi connectivity index (χ2n) is 4.17. The molecule has 0 aliphatic heterocycles. The van der Waals surface area contributed by atoms with Crippen molar-refractivity contribution >= 4 is 32.7 Å². The minimum atomic E-state index is -3.39. The molecule has 0 bridgehead atoms. The fraction of sp³-hybridized carbons (Fsp3) is 0.333. The van der Waals surface area contributed by atoms with Crippen molar-refractivity contribution in [3.63, 3.8) is 0 Å². The molecule has 0 atom stereocenters. The SMILES string of the molecule is CNCc1cc(S(=O)(=O)N(C)Cc2ccsc2)cs1. The van der Waals surface area contributed by atoms with E-state index < -0.39 is 10.0 Å². The summed E-state index contributed by atoms with van der Waals surface area (Å²) in [4.78, 5) is 1.39. The number of hydrogen-bond donors (Lipinski definition) is 1. The van der Waals surface area contributed by atoms with Crippen molar-refractivity contribution < 1.29 is 8.42 Å². The summed E-state index contributed by atoms with van der Waals surface area (Å²) in [5.41, 5.74) is 1.02. The van der Waals surface area contributed by atoms with Gasteiger partial charge in [-0.1, -0.05) is 0 Å². The summed E-state index contributed by atoms with van der Waals surface area (Å²) >= 11 is 3.03. The summed E-state index contributed by atoms with van der Waals surface area (Å²) < 4.78 is 26.2. The molecule has 2 heterocycles. The lowest BCUT2D eigenvalue weighted by atomic mass is 10.3. The highest BCUT2D eigenvalue weighted by atomic mass is 32.2. The van der Waals surface area contributed by atoms with Crippen LogP contribution >= 0.6 is 22.7 Å². The monoisotopic (exact) mass is 316 g/mol. The number of thiophene rings is 2. The van der Waals surface area contributed by atoms with E-state index in [1.807, 2.05) is 23.9 Å². The van der Waals surface area contributed by atoms with Crippen molar-refractivity contribution in [2.24, 2.45) is 0 Å². The first-order valence-corrected chi connectivity index (χ1v) is 8.99. The number of nitrogens with zero attached hydrogens (tertiary/aromatic N) is 1. The fourth-order valence-corrected chi connectivity index (χ4v) is 4.76. The Hall–Kier alpha value is -0.730. The van der Waals surface area contributed by atoms with Gasteiger partial charge in [0.15, 0.2) is 0 Å². The van der Waals surface area contributed by atoms with Crippen LogP contribution in [0.4, 0.5) is 0 Å². The Morgan fingerprint density at radius 2 is 2.16 bits per heavy atom. The van der Waals surface area contributed by atoms with Gasteiger partial charge in [-0.25, -0.2) is 8.42 Å². The summed E-state index contributed by atoms with van der Waals surface area (Å²) in [6.07, 6.45) is 0. The smallest absolute Gasteiger partial charge is 0.243 e. The van der Waals surface area contributed by atoms with Gasteiger partial charge in [0.1, 0.15) is 0 Å². The van der Waals surface area contributed by atoms with Crippen LogP contribution in [0.3, 0.4) is 0 Å². The summed E-state index contributed by atoms with van der Waals surface area (Å²) in [5.74, 6) is 0. The van der Waals surface area contributed by atoms with E-state index in [1.165, 1.54) is 15.6 Å². The summed E-state index contributed by atoms with van der Waals surface area (Å²) in [7, 11) is 0.0654. The first-order valence-electron chi connectivity index (χ1n) is 5.73.